The standard InChI is InChI=1S/C22H24N2O/c1-17(22(25)14-18-7-3-2-4-8-18)24-15-19-9-5-10-20(13-19)21-11-6-12-23-16-21/h2-13,16-17,22,24-25H,14-15H2,1H3. The maximum absolute atomic E-state index is 10.4. The van der Waals surface area contributed by atoms with Gasteiger partial charge in [0.25, 0.3) is 0 Å². The molecule has 3 aromatic rings. The Morgan fingerprint density at radius 2 is 1.68 bits per heavy atom. The molecule has 2 unspecified atom stereocenters. The molecule has 2 N–H and O–H groups in total. The second-order valence-electron chi connectivity index (χ2n) is 6.37. The quantitative estimate of drug-likeness (QED) is 0.691. The molecule has 2 atom stereocenters. The predicted octanol–water partition coefficient (Wildman–Crippen LogP) is 3.83. The van der Waals surface area contributed by atoms with Crippen molar-refractivity contribution in [1.29, 1.82) is 0 Å². The van der Waals surface area contributed by atoms with E-state index in [9.17, 15) is 5.11 Å². The Hall–Kier alpha value is -2.49. The fourth-order valence-electron chi connectivity index (χ4n) is 2.84. The highest BCUT2D eigenvalue weighted by atomic mass is 16.3. The lowest BCUT2D eigenvalue weighted by molar-refractivity contribution is 0.134. The summed E-state index contributed by atoms with van der Waals surface area (Å²) >= 11 is 0. The zero-order valence-corrected chi connectivity index (χ0v) is 14.5. The first-order valence-electron chi connectivity index (χ1n) is 8.67. The van der Waals surface area contributed by atoms with Crippen LogP contribution in [0.15, 0.2) is 79.1 Å². The van der Waals surface area contributed by atoms with Gasteiger partial charge in [0, 0.05) is 25.0 Å². The Kier molecular flexibility index (Phi) is 5.94. The summed E-state index contributed by atoms with van der Waals surface area (Å²) in [7, 11) is 0. The van der Waals surface area contributed by atoms with Gasteiger partial charge in [-0.1, -0.05) is 54.6 Å². The lowest BCUT2D eigenvalue weighted by Crippen LogP contribution is -2.38. The topological polar surface area (TPSA) is 45.2 Å². The minimum atomic E-state index is -0.413. The summed E-state index contributed by atoms with van der Waals surface area (Å²) in [6.07, 6.45) is 3.90. The zero-order chi connectivity index (χ0) is 17.5. The van der Waals surface area contributed by atoms with Crippen LogP contribution >= 0.6 is 0 Å². The smallest absolute Gasteiger partial charge is 0.0730 e. The van der Waals surface area contributed by atoms with Crippen LogP contribution in [-0.4, -0.2) is 22.2 Å². The molecule has 0 spiro atoms. The van der Waals surface area contributed by atoms with Crippen molar-refractivity contribution >= 4 is 0 Å². The molecule has 2 aromatic carbocycles. The molecule has 3 nitrogen and oxygen atoms in total. The Labute approximate surface area is 149 Å². The van der Waals surface area contributed by atoms with Crippen molar-refractivity contribution in [3.05, 3.63) is 90.3 Å². The minimum Gasteiger partial charge on any atom is -0.391 e. The Morgan fingerprint density at radius 3 is 2.44 bits per heavy atom. The second kappa shape index (κ2) is 8.56. The summed E-state index contributed by atoms with van der Waals surface area (Å²) in [5.41, 5.74) is 4.62. The SMILES string of the molecule is CC(NCc1cccc(-c2cccnc2)c1)C(O)Cc1ccccc1. The van der Waals surface area contributed by atoms with Crippen LogP contribution in [-0.2, 0) is 13.0 Å². The third-order valence-corrected chi connectivity index (χ3v) is 4.41. The van der Waals surface area contributed by atoms with Crippen LogP contribution in [0.5, 0.6) is 0 Å². The maximum atomic E-state index is 10.4. The summed E-state index contributed by atoms with van der Waals surface area (Å²) in [5.74, 6) is 0. The van der Waals surface area contributed by atoms with E-state index < -0.39 is 6.10 Å². The molecule has 3 rings (SSSR count). The average molecular weight is 332 g/mol. The highest BCUT2D eigenvalue weighted by Gasteiger charge is 2.14. The molecule has 0 saturated heterocycles. The van der Waals surface area contributed by atoms with Crippen LogP contribution in [0.25, 0.3) is 11.1 Å². The zero-order valence-electron chi connectivity index (χ0n) is 14.5. The molecule has 128 valence electrons. The number of benzene rings is 2. The van der Waals surface area contributed by atoms with Gasteiger partial charge in [0.15, 0.2) is 0 Å². The fraction of sp³-hybridized carbons (Fsp3) is 0.227. The molecule has 0 bridgehead atoms. The van der Waals surface area contributed by atoms with Crippen LogP contribution in [0.1, 0.15) is 18.1 Å². The molecule has 3 heteroatoms. The van der Waals surface area contributed by atoms with E-state index in [1.807, 2.05) is 49.5 Å². The summed E-state index contributed by atoms with van der Waals surface area (Å²) in [6.45, 7) is 2.75. The third kappa shape index (κ3) is 4.99. The van der Waals surface area contributed by atoms with Gasteiger partial charge >= 0.3 is 0 Å². The molecule has 1 aromatic heterocycles. The Balaban J connectivity index is 1.58. The average Bonchev–Trinajstić information content (AvgIpc) is 2.68. The van der Waals surface area contributed by atoms with Gasteiger partial charge in [0.05, 0.1) is 6.10 Å². The first-order valence-corrected chi connectivity index (χ1v) is 8.67. The van der Waals surface area contributed by atoms with E-state index in [2.05, 4.69) is 40.6 Å². The molecule has 0 saturated carbocycles. The molecule has 1 heterocycles. The molecule has 0 radical (unpaired) electrons. The first-order chi connectivity index (χ1) is 12.2. The van der Waals surface area contributed by atoms with Gasteiger partial charge in [-0.15, -0.1) is 0 Å². The van der Waals surface area contributed by atoms with Crippen LogP contribution in [0, 0.1) is 0 Å². The number of aliphatic hydroxyl groups is 1. The van der Waals surface area contributed by atoms with Gasteiger partial charge in [-0.25, -0.2) is 0 Å². The Morgan fingerprint density at radius 1 is 0.920 bits per heavy atom. The lowest BCUT2D eigenvalue weighted by atomic mass is 10.0. The van der Waals surface area contributed by atoms with Crippen LogP contribution < -0.4 is 5.32 Å². The van der Waals surface area contributed by atoms with Crippen molar-refractivity contribution in [1.82, 2.24) is 10.3 Å². The van der Waals surface area contributed by atoms with Crippen molar-refractivity contribution in [2.24, 2.45) is 0 Å². The van der Waals surface area contributed by atoms with Gasteiger partial charge in [0.1, 0.15) is 0 Å². The largest absolute Gasteiger partial charge is 0.391 e. The third-order valence-electron chi connectivity index (χ3n) is 4.41. The van der Waals surface area contributed by atoms with E-state index in [0.717, 1.165) is 23.2 Å². The monoisotopic (exact) mass is 332 g/mol. The van der Waals surface area contributed by atoms with Crippen molar-refractivity contribution in [3.63, 3.8) is 0 Å². The molecular formula is C22H24N2O. The van der Waals surface area contributed by atoms with Gasteiger partial charge < -0.3 is 10.4 Å². The summed E-state index contributed by atoms with van der Waals surface area (Å²) in [5, 5.41) is 13.8. The van der Waals surface area contributed by atoms with Crippen LogP contribution in [0.2, 0.25) is 0 Å². The molecule has 0 amide bonds. The Bertz CT molecular complexity index is 774. The number of pyridine rings is 1. The van der Waals surface area contributed by atoms with Gasteiger partial charge in [-0.3, -0.25) is 4.98 Å². The van der Waals surface area contributed by atoms with E-state index in [1.165, 1.54) is 5.56 Å². The lowest BCUT2D eigenvalue weighted by Gasteiger charge is -2.20. The van der Waals surface area contributed by atoms with Crippen LogP contribution in [0.4, 0.5) is 0 Å². The van der Waals surface area contributed by atoms with E-state index >= 15 is 0 Å². The molecule has 0 aliphatic heterocycles. The van der Waals surface area contributed by atoms with E-state index in [-0.39, 0.29) is 6.04 Å². The van der Waals surface area contributed by atoms with Crippen molar-refractivity contribution in [2.75, 3.05) is 0 Å². The number of nitrogens with zero attached hydrogens (tertiary/aromatic N) is 1. The van der Waals surface area contributed by atoms with E-state index in [1.54, 1.807) is 6.20 Å². The number of rotatable bonds is 7. The summed E-state index contributed by atoms with van der Waals surface area (Å²) < 4.78 is 0. The number of aliphatic hydroxyl groups excluding tert-OH is 1. The number of nitrogens with one attached hydrogen (secondary N) is 1. The van der Waals surface area contributed by atoms with Crippen molar-refractivity contribution in [3.8, 4) is 11.1 Å². The summed E-state index contributed by atoms with van der Waals surface area (Å²) in [6, 6.07) is 22.5. The van der Waals surface area contributed by atoms with Gasteiger partial charge in [0.2, 0.25) is 0 Å². The van der Waals surface area contributed by atoms with Crippen molar-refractivity contribution < 1.29 is 5.11 Å². The maximum Gasteiger partial charge on any atom is 0.0730 e. The van der Waals surface area contributed by atoms with E-state index in [4.69, 9.17) is 0 Å². The highest BCUT2D eigenvalue weighted by Crippen LogP contribution is 2.19. The second-order valence-corrected chi connectivity index (χ2v) is 6.37. The van der Waals surface area contributed by atoms with Crippen molar-refractivity contribution in [2.45, 2.75) is 32.0 Å². The molecule has 0 fully saturated rings. The first kappa shape index (κ1) is 17.3. The predicted molar refractivity (Wildman–Crippen MR) is 102 cm³/mol. The highest BCUT2D eigenvalue weighted by molar-refractivity contribution is 5.62. The van der Waals surface area contributed by atoms with Gasteiger partial charge in [-0.05, 0) is 47.7 Å². The van der Waals surface area contributed by atoms with E-state index in [0.29, 0.717) is 6.42 Å². The van der Waals surface area contributed by atoms with Crippen LogP contribution in [0.3, 0.4) is 0 Å². The fourth-order valence-corrected chi connectivity index (χ4v) is 2.84. The number of aromatic nitrogens is 1. The normalized spacial score (nSPS) is 13.4. The molecule has 25 heavy (non-hydrogen) atoms. The van der Waals surface area contributed by atoms with Gasteiger partial charge in [-0.2, -0.15) is 0 Å². The number of hydrogen-bond acceptors (Lipinski definition) is 3. The molecule has 0 aliphatic carbocycles. The molecular weight excluding hydrogens is 308 g/mol. The molecule has 0 aliphatic rings. The number of hydrogen-bond donors (Lipinski definition) is 2. The minimum absolute atomic E-state index is 0.0160. The summed E-state index contributed by atoms with van der Waals surface area (Å²) in [4.78, 5) is 4.18.